The summed E-state index contributed by atoms with van der Waals surface area (Å²) >= 11 is 0. The maximum atomic E-state index is 12.6. The Morgan fingerprint density at radius 2 is 2.20 bits per heavy atom. The van der Waals surface area contributed by atoms with Gasteiger partial charge in [-0.25, -0.2) is 0 Å². The Hall–Kier alpha value is -1.39. The third-order valence-electron chi connectivity index (χ3n) is 4.64. The third kappa shape index (κ3) is 2.34. The van der Waals surface area contributed by atoms with Crippen LogP contribution in [-0.4, -0.2) is 43.7 Å². The van der Waals surface area contributed by atoms with Crippen LogP contribution in [0, 0.1) is 0 Å². The number of carbonyl (C=O) groups excluding carboxylic acids is 1. The van der Waals surface area contributed by atoms with E-state index in [2.05, 4.69) is 29.6 Å². The second-order valence-electron chi connectivity index (χ2n) is 5.76. The molecule has 0 radical (unpaired) electrons. The molecule has 1 aliphatic heterocycles. The highest BCUT2D eigenvalue weighted by molar-refractivity contribution is 5.82. The Morgan fingerprint density at radius 3 is 2.95 bits per heavy atom. The molecule has 4 nitrogen and oxygen atoms in total. The lowest BCUT2D eigenvalue weighted by Crippen LogP contribution is -2.42. The van der Waals surface area contributed by atoms with Gasteiger partial charge in [0.1, 0.15) is 0 Å². The highest BCUT2D eigenvalue weighted by Crippen LogP contribution is 2.35. The van der Waals surface area contributed by atoms with Gasteiger partial charge in [-0.2, -0.15) is 0 Å². The summed E-state index contributed by atoms with van der Waals surface area (Å²) in [6.07, 6.45) is 3.03. The van der Waals surface area contributed by atoms with Crippen LogP contribution >= 0.6 is 0 Å². The van der Waals surface area contributed by atoms with Gasteiger partial charge in [0.15, 0.2) is 0 Å². The van der Waals surface area contributed by atoms with Crippen molar-refractivity contribution in [3.8, 4) is 0 Å². The number of likely N-dealkylation sites (N-methyl/N-ethyl adjacent to an activating group) is 1. The monoisotopic (exact) mass is 274 g/mol. The molecule has 1 amide bonds. The largest absolute Gasteiger partial charge is 0.380 e. The van der Waals surface area contributed by atoms with Crippen LogP contribution in [0.25, 0.3) is 0 Å². The average molecular weight is 274 g/mol. The number of aryl methyl sites for hydroxylation is 1. The van der Waals surface area contributed by atoms with E-state index in [4.69, 9.17) is 4.74 Å². The van der Waals surface area contributed by atoms with Crippen molar-refractivity contribution in [3.05, 3.63) is 35.4 Å². The SMILES string of the molecule is COC1CNC(C(=O)N(C)C2CCc3ccccc32)C1. The number of carbonyl (C=O) groups is 1. The van der Waals surface area contributed by atoms with E-state index in [-0.39, 0.29) is 24.1 Å². The third-order valence-corrected chi connectivity index (χ3v) is 4.64. The van der Waals surface area contributed by atoms with Gasteiger partial charge in [0.25, 0.3) is 0 Å². The number of rotatable bonds is 3. The van der Waals surface area contributed by atoms with Gasteiger partial charge in [0, 0.05) is 20.7 Å². The highest BCUT2D eigenvalue weighted by atomic mass is 16.5. The van der Waals surface area contributed by atoms with E-state index in [0.717, 1.165) is 25.8 Å². The maximum Gasteiger partial charge on any atom is 0.240 e. The number of methoxy groups -OCH3 is 1. The zero-order valence-corrected chi connectivity index (χ0v) is 12.1. The minimum atomic E-state index is -0.0993. The van der Waals surface area contributed by atoms with Crippen molar-refractivity contribution in [3.63, 3.8) is 0 Å². The summed E-state index contributed by atoms with van der Waals surface area (Å²) in [4.78, 5) is 14.5. The van der Waals surface area contributed by atoms with Gasteiger partial charge >= 0.3 is 0 Å². The molecule has 1 heterocycles. The molecule has 0 bridgehead atoms. The summed E-state index contributed by atoms with van der Waals surface area (Å²) in [6, 6.07) is 8.58. The predicted octanol–water partition coefficient (Wildman–Crippen LogP) is 1.51. The lowest BCUT2D eigenvalue weighted by atomic mass is 10.1. The molecule has 2 aliphatic rings. The fourth-order valence-corrected chi connectivity index (χ4v) is 3.41. The van der Waals surface area contributed by atoms with Crippen LogP contribution in [0.2, 0.25) is 0 Å². The van der Waals surface area contributed by atoms with E-state index in [1.54, 1.807) is 7.11 Å². The molecule has 1 N–H and O–H groups in total. The molecule has 1 aromatic rings. The van der Waals surface area contributed by atoms with Gasteiger partial charge in [-0.1, -0.05) is 24.3 Å². The Kier molecular flexibility index (Phi) is 3.76. The second-order valence-corrected chi connectivity index (χ2v) is 5.76. The predicted molar refractivity (Wildman–Crippen MR) is 77.5 cm³/mol. The molecule has 0 saturated carbocycles. The first kappa shape index (κ1) is 13.6. The van der Waals surface area contributed by atoms with Crippen LogP contribution in [0.15, 0.2) is 24.3 Å². The van der Waals surface area contributed by atoms with E-state index in [1.165, 1.54) is 11.1 Å². The first-order chi connectivity index (χ1) is 9.70. The number of amides is 1. The summed E-state index contributed by atoms with van der Waals surface area (Å²) in [5, 5.41) is 3.27. The first-order valence-corrected chi connectivity index (χ1v) is 7.31. The number of nitrogens with zero attached hydrogens (tertiary/aromatic N) is 1. The van der Waals surface area contributed by atoms with Crippen LogP contribution in [0.1, 0.15) is 30.0 Å². The molecule has 0 aromatic heterocycles. The summed E-state index contributed by atoms with van der Waals surface area (Å²) < 4.78 is 5.32. The standard InChI is InChI=1S/C16H22N2O2/c1-18(16(19)14-9-12(20-2)10-17-14)15-8-7-11-5-3-4-6-13(11)15/h3-6,12,14-15,17H,7-10H2,1-2H3. The summed E-state index contributed by atoms with van der Waals surface area (Å²) in [7, 11) is 3.63. The fraction of sp³-hybridized carbons (Fsp3) is 0.562. The van der Waals surface area contributed by atoms with E-state index in [1.807, 2.05) is 11.9 Å². The van der Waals surface area contributed by atoms with Crippen LogP contribution < -0.4 is 5.32 Å². The van der Waals surface area contributed by atoms with Crippen molar-refractivity contribution < 1.29 is 9.53 Å². The second kappa shape index (κ2) is 5.54. The number of ether oxygens (including phenoxy) is 1. The van der Waals surface area contributed by atoms with Gasteiger partial charge in [-0.05, 0) is 30.4 Å². The molecular formula is C16H22N2O2. The van der Waals surface area contributed by atoms with Gasteiger partial charge in [0.2, 0.25) is 5.91 Å². The van der Waals surface area contributed by atoms with Gasteiger partial charge in [-0.15, -0.1) is 0 Å². The molecule has 1 saturated heterocycles. The van der Waals surface area contributed by atoms with Crippen molar-refractivity contribution in [2.45, 2.75) is 37.5 Å². The van der Waals surface area contributed by atoms with E-state index in [0.29, 0.717) is 0 Å². The summed E-state index contributed by atoms with van der Waals surface area (Å²) in [5.74, 6) is 0.186. The molecule has 3 unspecified atom stereocenters. The zero-order chi connectivity index (χ0) is 14.1. The quantitative estimate of drug-likeness (QED) is 0.908. The van der Waals surface area contributed by atoms with Crippen LogP contribution in [0.5, 0.6) is 0 Å². The first-order valence-electron chi connectivity index (χ1n) is 7.31. The summed E-state index contributed by atoms with van der Waals surface area (Å²) in [5.41, 5.74) is 2.69. The van der Waals surface area contributed by atoms with Crippen LogP contribution in [-0.2, 0) is 16.0 Å². The van der Waals surface area contributed by atoms with E-state index < -0.39 is 0 Å². The van der Waals surface area contributed by atoms with Crippen molar-refractivity contribution in [2.24, 2.45) is 0 Å². The number of hydrogen-bond donors (Lipinski definition) is 1. The minimum Gasteiger partial charge on any atom is -0.380 e. The smallest absolute Gasteiger partial charge is 0.240 e. The molecule has 3 atom stereocenters. The van der Waals surface area contributed by atoms with Crippen molar-refractivity contribution >= 4 is 5.91 Å². The molecule has 0 spiro atoms. The maximum absolute atomic E-state index is 12.6. The number of benzene rings is 1. The van der Waals surface area contributed by atoms with Crippen molar-refractivity contribution in [1.29, 1.82) is 0 Å². The molecular weight excluding hydrogens is 252 g/mol. The van der Waals surface area contributed by atoms with Crippen LogP contribution in [0.4, 0.5) is 0 Å². The Bertz CT molecular complexity index is 503. The number of hydrogen-bond acceptors (Lipinski definition) is 3. The van der Waals surface area contributed by atoms with E-state index in [9.17, 15) is 4.79 Å². The molecule has 20 heavy (non-hydrogen) atoms. The molecule has 1 aliphatic carbocycles. The normalized spacial score (nSPS) is 28.4. The van der Waals surface area contributed by atoms with Crippen molar-refractivity contribution in [2.75, 3.05) is 20.7 Å². The highest BCUT2D eigenvalue weighted by Gasteiger charge is 2.35. The van der Waals surface area contributed by atoms with Gasteiger partial charge in [-0.3, -0.25) is 4.79 Å². The minimum absolute atomic E-state index is 0.0993. The Balaban J connectivity index is 1.71. The van der Waals surface area contributed by atoms with Gasteiger partial charge in [0.05, 0.1) is 18.2 Å². The van der Waals surface area contributed by atoms with Crippen LogP contribution in [0.3, 0.4) is 0 Å². The number of nitrogens with one attached hydrogen (secondary N) is 1. The molecule has 1 aromatic carbocycles. The van der Waals surface area contributed by atoms with E-state index >= 15 is 0 Å². The lowest BCUT2D eigenvalue weighted by Gasteiger charge is -2.28. The molecule has 1 fully saturated rings. The lowest BCUT2D eigenvalue weighted by molar-refractivity contribution is -0.134. The average Bonchev–Trinajstić information content (AvgIpc) is 3.12. The molecule has 4 heteroatoms. The number of fused-ring (bicyclic) bond motifs is 1. The van der Waals surface area contributed by atoms with Crippen molar-refractivity contribution in [1.82, 2.24) is 10.2 Å². The zero-order valence-electron chi connectivity index (χ0n) is 12.1. The molecule has 3 rings (SSSR count). The summed E-state index contributed by atoms with van der Waals surface area (Å²) in [6.45, 7) is 0.766. The Morgan fingerprint density at radius 1 is 1.40 bits per heavy atom. The topological polar surface area (TPSA) is 41.6 Å². The van der Waals surface area contributed by atoms with Gasteiger partial charge < -0.3 is 15.0 Å². The Labute approximate surface area is 120 Å². The fourth-order valence-electron chi connectivity index (χ4n) is 3.41. The molecule has 108 valence electrons.